The van der Waals surface area contributed by atoms with E-state index in [-0.39, 0.29) is 36.5 Å². The molecule has 0 saturated carbocycles. The molecule has 2 aromatic carbocycles. The Morgan fingerprint density at radius 1 is 1.00 bits per heavy atom. The molecular weight excluding hydrogens is 532 g/mol. The van der Waals surface area contributed by atoms with E-state index in [1.165, 1.54) is 16.8 Å². The first-order chi connectivity index (χ1) is 19.6. The van der Waals surface area contributed by atoms with E-state index in [4.69, 9.17) is 0 Å². The minimum atomic E-state index is -1.03. The van der Waals surface area contributed by atoms with Crippen molar-refractivity contribution in [2.24, 2.45) is 0 Å². The fourth-order valence-corrected chi connectivity index (χ4v) is 5.65. The van der Waals surface area contributed by atoms with Gasteiger partial charge in [0.1, 0.15) is 6.54 Å². The van der Waals surface area contributed by atoms with Crippen LogP contribution in [0.4, 0.5) is 19.3 Å². The van der Waals surface area contributed by atoms with Crippen molar-refractivity contribution in [3.05, 3.63) is 97.8 Å². The number of rotatable bonds is 6. The Balaban J connectivity index is 1.28. The molecule has 0 atom stereocenters. The zero-order valence-electron chi connectivity index (χ0n) is 23.1. The molecule has 3 aromatic rings. The molecule has 0 unspecified atom stereocenters. The summed E-state index contributed by atoms with van der Waals surface area (Å²) in [5.74, 6) is -2.29. The number of carbonyl (C=O) groups excluding carboxylic acids is 2. The van der Waals surface area contributed by atoms with E-state index >= 15 is 0 Å². The number of carbonyl (C=O) groups is 2. The van der Waals surface area contributed by atoms with Crippen molar-refractivity contribution in [3.63, 3.8) is 0 Å². The second-order valence-electron chi connectivity index (χ2n) is 10.9. The molecule has 1 aromatic heterocycles. The number of anilines is 1. The van der Waals surface area contributed by atoms with Crippen LogP contribution in [0, 0.1) is 11.6 Å². The summed E-state index contributed by atoms with van der Waals surface area (Å²) in [6.07, 6.45) is 3.28. The van der Waals surface area contributed by atoms with Crippen LogP contribution >= 0.6 is 0 Å². The molecule has 2 aliphatic heterocycles. The van der Waals surface area contributed by atoms with E-state index in [1.54, 1.807) is 18.7 Å². The topological polar surface area (TPSA) is 96.7 Å². The summed E-state index contributed by atoms with van der Waals surface area (Å²) in [6.45, 7) is 4.58. The maximum absolute atomic E-state index is 13.8. The minimum Gasteiger partial charge on any atom is -0.341 e. The quantitative estimate of drug-likeness (QED) is 0.495. The molecule has 2 aliphatic rings. The number of nitrogens with zero attached hydrogens (tertiary/aromatic N) is 4. The predicted octanol–water partition coefficient (Wildman–Crippen LogP) is 3.54. The van der Waals surface area contributed by atoms with Gasteiger partial charge in [-0.1, -0.05) is 24.3 Å². The Bertz CT molecular complexity index is 1590. The number of hydrogen-bond acceptors (Lipinski definition) is 4. The van der Waals surface area contributed by atoms with Gasteiger partial charge in [0.25, 0.3) is 5.56 Å². The monoisotopic (exact) mass is 565 g/mol. The van der Waals surface area contributed by atoms with E-state index in [0.717, 1.165) is 34.4 Å². The maximum Gasteiger partial charge on any atom is 0.331 e. The van der Waals surface area contributed by atoms with Gasteiger partial charge in [0.05, 0.1) is 0 Å². The molecule has 0 spiro atoms. The van der Waals surface area contributed by atoms with Crippen molar-refractivity contribution >= 4 is 17.6 Å². The number of urea groups is 1. The third-order valence-corrected chi connectivity index (χ3v) is 7.86. The van der Waals surface area contributed by atoms with Gasteiger partial charge in [-0.15, -0.1) is 0 Å². The fourth-order valence-electron chi connectivity index (χ4n) is 5.65. The molecule has 11 heteroatoms. The van der Waals surface area contributed by atoms with Crippen molar-refractivity contribution in [1.29, 1.82) is 0 Å². The second kappa shape index (κ2) is 11.7. The Kier molecular flexibility index (Phi) is 8.05. The summed E-state index contributed by atoms with van der Waals surface area (Å²) in [5, 5.41) is 2.99. The van der Waals surface area contributed by atoms with Gasteiger partial charge in [0, 0.05) is 55.6 Å². The van der Waals surface area contributed by atoms with E-state index < -0.39 is 28.9 Å². The second-order valence-corrected chi connectivity index (χ2v) is 10.9. The van der Waals surface area contributed by atoms with Crippen molar-refractivity contribution in [2.75, 3.05) is 25.0 Å². The SMILES string of the molecule is CC(C)n1c(=O)c(Cc2ccc(F)c(F)c2)cn(CC(=O)N2CCC(N3CCc4ccccc4NC3=O)CC2)c1=O. The summed E-state index contributed by atoms with van der Waals surface area (Å²) in [5.41, 5.74) is 1.34. The molecule has 5 rings (SSSR count). The predicted molar refractivity (Wildman–Crippen MR) is 150 cm³/mol. The summed E-state index contributed by atoms with van der Waals surface area (Å²) in [4.78, 5) is 56.0. The largest absolute Gasteiger partial charge is 0.341 e. The van der Waals surface area contributed by atoms with Crippen molar-refractivity contribution in [1.82, 2.24) is 18.9 Å². The lowest BCUT2D eigenvalue weighted by molar-refractivity contribution is -0.133. The average molecular weight is 566 g/mol. The number of aromatic nitrogens is 2. The highest BCUT2D eigenvalue weighted by atomic mass is 19.2. The standard InChI is InChI=1S/C30H33F2N5O4/c1-19(2)37-28(39)22(15-20-7-8-24(31)25(32)16-20)17-35(30(37)41)18-27(38)34-12-10-23(11-13-34)36-14-9-21-5-3-4-6-26(21)33-29(36)40/h3-8,16-17,19,23H,9-15,18H2,1-2H3,(H,33,40). The molecule has 0 radical (unpaired) electrons. The number of halogens is 2. The third-order valence-electron chi connectivity index (χ3n) is 7.86. The van der Waals surface area contributed by atoms with Gasteiger partial charge in [-0.25, -0.2) is 18.4 Å². The molecule has 41 heavy (non-hydrogen) atoms. The average Bonchev–Trinajstić information content (AvgIpc) is 3.11. The van der Waals surface area contributed by atoms with E-state index in [9.17, 15) is 28.0 Å². The molecule has 3 amide bonds. The van der Waals surface area contributed by atoms with Gasteiger partial charge in [0.2, 0.25) is 5.91 Å². The van der Waals surface area contributed by atoms with Crippen LogP contribution in [0.25, 0.3) is 0 Å². The molecule has 3 heterocycles. The van der Waals surface area contributed by atoms with Crippen molar-refractivity contribution in [3.8, 4) is 0 Å². The number of hydrogen-bond donors (Lipinski definition) is 1. The minimum absolute atomic E-state index is 0.0124. The number of nitrogens with one attached hydrogen (secondary N) is 1. The first-order valence-electron chi connectivity index (χ1n) is 13.8. The summed E-state index contributed by atoms with van der Waals surface area (Å²) >= 11 is 0. The molecule has 0 bridgehead atoms. The smallest absolute Gasteiger partial charge is 0.331 e. The molecule has 1 fully saturated rings. The van der Waals surface area contributed by atoms with E-state index in [0.29, 0.717) is 38.0 Å². The van der Waals surface area contributed by atoms with Gasteiger partial charge in [-0.2, -0.15) is 0 Å². The highest BCUT2D eigenvalue weighted by Gasteiger charge is 2.31. The van der Waals surface area contributed by atoms with Crippen molar-refractivity contribution in [2.45, 2.75) is 58.2 Å². The van der Waals surface area contributed by atoms with Crippen LogP contribution in [0.15, 0.2) is 58.3 Å². The lowest BCUT2D eigenvalue weighted by atomic mass is 10.0. The number of amides is 3. The first-order valence-corrected chi connectivity index (χ1v) is 13.8. The lowest BCUT2D eigenvalue weighted by Crippen LogP contribution is -2.51. The van der Waals surface area contributed by atoms with Gasteiger partial charge in [-0.3, -0.25) is 18.7 Å². The van der Waals surface area contributed by atoms with Crippen molar-refractivity contribution < 1.29 is 18.4 Å². The molecule has 1 saturated heterocycles. The molecule has 0 aliphatic carbocycles. The van der Waals surface area contributed by atoms with Gasteiger partial charge in [0.15, 0.2) is 11.6 Å². The van der Waals surface area contributed by atoms with Crippen LogP contribution in [0.3, 0.4) is 0 Å². The molecule has 9 nitrogen and oxygen atoms in total. The Labute approximate surface area is 236 Å². The number of benzene rings is 2. The molecular formula is C30H33F2N5O4. The van der Waals surface area contributed by atoms with Crippen LogP contribution in [-0.4, -0.2) is 56.5 Å². The normalized spacial score (nSPS) is 16.0. The van der Waals surface area contributed by atoms with Crippen LogP contribution in [0.5, 0.6) is 0 Å². The fraction of sp³-hybridized carbons (Fsp3) is 0.400. The van der Waals surface area contributed by atoms with Gasteiger partial charge >= 0.3 is 11.7 Å². The van der Waals surface area contributed by atoms with Gasteiger partial charge < -0.3 is 15.1 Å². The Hall–Kier alpha value is -4.28. The van der Waals surface area contributed by atoms with Crippen LogP contribution in [0.2, 0.25) is 0 Å². The van der Waals surface area contributed by atoms with Crippen LogP contribution < -0.4 is 16.6 Å². The van der Waals surface area contributed by atoms with Crippen LogP contribution in [-0.2, 0) is 24.2 Å². The lowest BCUT2D eigenvalue weighted by Gasteiger charge is -2.38. The Morgan fingerprint density at radius 2 is 1.73 bits per heavy atom. The number of fused-ring (bicyclic) bond motifs is 1. The summed E-state index contributed by atoms with van der Waals surface area (Å²) < 4.78 is 29.5. The van der Waals surface area contributed by atoms with Gasteiger partial charge in [-0.05, 0) is 62.4 Å². The number of likely N-dealkylation sites (tertiary alicyclic amines) is 1. The highest BCUT2D eigenvalue weighted by Crippen LogP contribution is 2.24. The summed E-state index contributed by atoms with van der Waals surface area (Å²) in [6, 6.07) is 10.5. The summed E-state index contributed by atoms with van der Waals surface area (Å²) in [7, 11) is 0. The van der Waals surface area contributed by atoms with E-state index in [2.05, 4.69) is 5.32 Å². The maximum atomic E-state index is 13.8. The number of piperidine rings is 1. The van der Waals surface area contributed by atoms with E-state index in [1.807, 2.05) is 29.2 Å². The zero-order chi connectivity index (χ0) is 29.3. The molecule has 216 valence electrons. The third kappa shape index (κ3) is 5.94. The Morgan fingerprint density at radius 3 is 2.44 bits per heavy atom. The zero-order valence-corrected chi connectivity index (χ0v) is 23.1. The number of para-hydroxylation sites is 1. The first kappa shape index (κ1) is 28.3. The molecule has 1 N–H and O–H groups in total. The highest BCUT2D eigenvalue weighted by molar-refractivity contribution is 5.91. The van der Waals surface area contributed by atoms with Crippen LogP contribution in [0.1, 0.15) is 49.4 Å².